The molecule has 2 aromatic carbocycles. The van der Waals surface area contributed by atoms with Crippen molar-refractivity contribution in [3.63, 3.8) is 0 Å². The summed E-state index contributed by atoms with van der Waals surface area (Å²) in [6.45, 7) is 3.91. The van der Waals surface area contributed by atoms with Gasteiger partial charge in [0.2, 0.25) is 5.91 Å². The number of halogens is 1. The van der Waals surface area contributed by atoms with Crippen LogP contribution in [0.5, 0.6) is 0 Å². The zero-order valence-corrected chi connectivity index (χ0v) is 12.8. The van der Waals surface area contributed by atoms with Gasteiger partial charge in [0.1, 0.15) is 5.82 Å². The molecule has 0 saturated heterocycles. The molecule has 3 N–H and O–H groups in total. The zero-order chi connectivity index (χ0) is 15.4. The predicted octanol–water partition coefficient (Wildman–Crippen LogP) is 3.76. The van der Waals surface area contributed by atoms with Gasteiger partial charge in [0.15, 0.2) is 0 Å². The summed E-state index contributed by atoms with van der Waals surface area (Å²) in [5, 5.41) is 2.87. The van der Waals surface area contributed by atoms with Crippen LogP contribution in [0.25, 0.3) is 0 Å². The van der Waals surface area contributed by atoms with E-state index in [0.29, 0.717) is 10.6 Å². The molecule has 2 aromatic rings. The van der Waals surface area contributed by atoms with Crippen molar-refractivity contribution >= 4 is 29.0 Å². The smallest absolute Gasteiger partial charge is 0.234 e. The highest BCUT2D eigenvalue weighted by atomic mass is 32.2. The second-order valence-electron chi connectivity index (χ2n) is 4.88. The van der Waals surface area contributed by atoms with E-state index in [2.05, 4.69) is 5.32 Å². The van der Waals surface area contributed by atoms with E-state index in [9.17, 15) is 9.18 Å². The molecule has 0 aliphatic heterocycles. The summed E-state index contributed by atoms with van der Waals surface area (Å²) >= 11 is 1.25. The van der Waals surface area contributed by atoms with Gasteiger partial charge >= 0.3 is 0 Å². The lowest BCUT2D eigenvalue weighted by Gasteiger charge is -2.09. The molecule has 3 nitrogen and oxygen atoms in total. The molecule has 0 unspecified atom stereocenters. The molecule has 0 atom stereocenters. The number of benzene rings is 2. The predicted molar refractivity (Wildman–Crippen MR) is 86.1 cm³/mol. The Balaban J connectivity index is 1.97. The van der Waals surface area contributed by atoms with E-state index >= 15 is 0 Å². The molecule has 2 rings (SSSR count). The fourth-order valence-electron chi connectivity index (χ4n) is 1.87. The van der Waals surface area contributed by atoms with Crippen molar-refractivity contribution in [3.05, 3.63) is 53.3 Å². The molecule has 0 fully saturated rings. The van der Waals surface area contributed by atoms with Gasteiger partial charge in [-0.1, -0.05) is 12.1 Å². The highest BCUT2D eigenvalue weighted by molar-refractivity contribution is 8.00. The maximum absolute atomic E-state index is 13.2. The average Bonchev–Trinajstić information content (AvgIpc) is 2.40. The summed E-state index contributed by atoms with van der Waals surface area (Å²) in [6.07, 6.45) is 0. The monoisotopic (exact) mass is 304 g/mol. The number of amides is 1. The Labute approximate surface area is 127 Å². The molecule has 0 bridgehead atoms. The molecule has 110 valence electrons. The van der Waals surface area contributed by atoms with Crippen LogP contribution in [-0.4, -0.2) is 11.7 Å². The zero-order valence-electron chi connectivity index (χ0n) is 11.9. The van der Waals surface area contributed by atoms with Gasteiger partial charge in [-0.25, -0.2) is 4.39 Å². The molecule has 0 saturated carbocycles. The molecular weight excluding hydrogens is 287 g/mol. The van der Waals surface area contributed by atoms with Gasteiger partial charge in [-0.15, -0.1) is 11.8 Å². The fraction of sp³-hybridized carbons (Fsp3) is 0.188. The summed E-state index contributed by atoms with van der Waals surface area (Å²) in [5.74, 6) is -0.319. The first-order valence-corrected chi connectivity index (χ1v) is 7.48. The molecule has 0 heterocycles. The standard InChI is InChI=1S/C16H17FN2OS/c1-10-3-4-11(2)15(5-10)19-16(20)9-21-14-7-12(17)6-13(18)8-14/h3-8H,9,18H2,1-2H3,(H,19,20). The number of carbonyl (C=O) groups is 1. The van der Waals surface area contributed by atoms with Crippen molar-refractivity contribution in [2.75, 3.05) is 16.8 Å². The number of anilines is 2. The maximum atomic E-state index is 13.2. The van der Waals surface area contributed by atoms with Crippen LogP contribution in [0.1, 0.15) is 11.1 Å². The molecule has 5 heteroatoms. The van der Waals surface area contributed by atoms with Crippen molar-refractivity contribution < 1.29 is 9.18 Å². The number of aryl methyl sites for hydroxylation is 2. The van der Waals surface area contributed by atoms with Gasteiger partial charge in [0.05, 0.1) is 5.75 Å². The van der Waals surface area contributed by atoms with Gasteiger partial charge in [0.25, 0.3) is 0 Å². The van der Waals surface area contributed by atoms with Gasteiger partial charge < -0.3 is 11.1 Å². The second kappa shape index (κ2) is 6.63. The number of nitrogen functional groups attached to an aromatic ring is 1. The summed E-state index contributed by atoms with van der Waals surface area (Å²) in [6, 6.07) is 10.2. The fourth-order valence-corrected chi connectivity index (χ4v) is 2.66. The Morgan fingerprint density at radius 1 is 1.24 bits per heavy atom. The molecule has 0 aromatic heterocycles. The van der Waals surface area contributed by atoms with Crippen LogP contribution in [0.15, 0.2) is 41.3 Å². The minimum Gasteiger partial charge on any atom is -0.399 e. The normalized spacial score (nSPS) is 10.4. The first-order valence-electron chi connectivity index (χ1n) is 6.50. The number of nitrogens with two attached hydrogens (primary N) is 1. The third-order valence-electron chi connectivity index (χ3n) is 2.93. The number of carbonyl (C=O) groups excluding carboxylic acids is 1. The molecule has 0 aliphatic carbocycles. The van der Waals surface area contributed by atoms with Gasteiger partial charge in [-0.2, -0.15) is 0 Å². The van der Waals surface area contributed by atoms with Crippen molar-refractivity contribution in [2.45, 2.75) is 18.7 Å². The molecule has 0 aliphatic rings. The minimum atomic E-state index is -0.396. The first-order chi connectivity index (χ1) is 9.94. The van der Waals surface area contributed by atoms with E-state index in [1.54, 1.807) is 6.07 Å². The SMILES string of the molecule is Cc1ccc(C)c(NC(=O)CSc2cc(N)cc(F)c2)c1. The van der Waals surface area contributed by atoms with E-state index in [4.69, 9.17) is 5.73 Å². The Bertz CT molecular complexity index is 653. The highest BCUT2D eigenvalue weighted by Gasteiger charge is 2.07. The molecule has 0 radical (unpaired) electrons. The van der Waals surface area contributed by atoms with Crippen LogP contribution in [0.2, 0.25) is 0 Å². The first kappa shape index (κ1) is 15.4. The number of hydrogen-bond acceptors (Lipinski definition) is 3. The number of thioether (sulfide) groups is 1. The summed E-state index contributed by atoms with van der Waals surface area (Å²) in [4.78, 5) is 12.6. The van der Waals surface area contributed by atoms with E-state index < -0.39 is 5.82 Å². The topological polar surface area (TPSA) is 55.1 Å². The molecule has 0 spiro atoms. The van der Waals surface area contributed by atoms with Crippen LogP contribution in [-0.2, 0) is 4.79 Å². The minimum absolute atomic E-state index is 0.128. The largest absolute Gasteiger partial charge is 0.399 e. The molecule has 21 heavy (non-hydrogen) atoms. The van der Waals surface area contributed by atoms with Gasteiger partial charge in [-0.3, -0.25) is 4.79 Å². The van der Waals surface area contributed by atoms with Crippen LogP contribution in [0, 0.1) is 19.7 Å². The van der Waals surface area contributed by atoms with E-state index in [-0.39, 0.29) is 11.7 Å². The van der Waals surface area contributed by atoms with E-state index in [0.717, 1.165) is 16.8 Å². The van der Waals surface area contributed by atoms with Crippen molar-refractivity contribution in [1.82, 2.24) is 0 Å². The van der Waals surface area contributed by atoms with Crippen LogP contribution in [0.4, 0.5) is 15.8 Å². The Hall–Kier alpha value is -2.01. The lowest BCUT2D eigenvalue weighted by atomic mass is 10.1. The third kappa shape index (κ3) is 4.49. The van der Waals surface area contributed by atoms with Crippen molar-refractivity contribution in [1.29, 1.82) is 0 Å². The summed E-state index contributed by atoms with van der Waals surface area (Å²) in [5.41, 5.74) is 8.82. The summed E-state index contributed by atoms with van der Waals surface area (Å²) in [7, 11) is 0. The Kier molecular flexibility index (Phi) is 4.85. The Morgan fingerprint density at radius 2 is 2.00 bits per heavy atom. The van der Waals surface area contributed by atoms with Crippen LogP contribution >= 0.6 is 11.8 Å². The Morgan fingerprint density at radius 3 is 2.71 bits per heavy atom. The highest BCUT2D eigenvalue weighted by Crippen LogP contribution is 2.23. The van der Waals surface area contributed by atoms with Crippen molar-refractivity contribution in [2.24, 2.45) is 0 Å². The molecular formula is C16H17FN2OS. The number of rotatable bonds is 4. The van der Waals surface area contributed by atoms with E-state index in [1.807, 2.05) is 32.0 Å². The number of hydrogen-bond donors (Lipinski definition) is 2. The van der Waals surface area contributed by atoms with Gasteiger partial charge in [-0.05, 0) is 49.2 Å². The number of nitrogens with one attached hydrogen (secondary N) is 1. The summed E-state index contributed by atoms with van der Waals surface area (Å²) < 4.78 is 13.2. The lowest BCUT2D eigenvalue weighted by Crippen LogP contribution is -2.15. The van der Waals surface area contributed by atoms with Crippen LogP contribution in [0.3, 0.4) is 0 Å². The maximum Gasteiger partial charge on any atom is 0.234 e. The second-order valence-corrected chi connectivity index (χ2v) is 5.92. The average molecular weight is 304 g/mol. The van der Waals surface area contributed by atoms with Gasteiger partial charge in [0, 0.05) is 16.3 Å². The quantitative estimate of drug-likeness (QED) is 0.668. The van der Waals surface area contributed by atoms with Crippen molar-refractivity contribution in [3.8, 4) is 0 Å². The lowest BCUT2D eigenvalue weighted by molar-refractivity contribution is -0.113. The molecule has 1 amide bonds. The van der Waals surface area contributed by atoms with E-state index in [1.165, 1.54) is 23.9 Å². The third-order valence-corrected chi connectivity index (χ3v) is 3.91. The van der Waals surface area contributed by atoms with Crippen LogP contribution < -0.4 is 11.1 Å².